The van der Waals surface area contributed by atoms with E-state index >= 15 is 0 Å². The second-order valence-corrected chi connectivity index (χ2v) is 10.1. The van der Waals surface area contributed by atoms with Gasteiger partial charge in [-0.2, -0.15) is 11.8 Å². The Labute approximate surface area is 156 Å². The Balaban J connectivity index is 2.11. The molecule has 1 aromatic heterocycles. The van der Waals surface area contributed by atoms with Crippen molar-refractivity contribution >= 4 is 17.7 Å². The van der Waals surface area contributed by atoms with Crippen molar-refractivity contribution in [3.8, 4) is 0 Å². The van der Waals surface area contributed by atoms with Gasteiger partial charge in [0.05, 0.1) is 18.4 Å². The van der Waals surface area contributed by atoms with Crippen molar-refractivity contribution in [1.82, 2.24) is 20.3 Å². The van der Waals surface area contributed by atoms with Crippen molar-refractivity contribution < 1.29 is 9.53 Å². The second-order valence-electron chi connectivity index (χ2n) is 8.14. The molecule has 25 heavy (non-hydrogen) atoms. The highest BCUT2D eigenvalue weighted by molar-refractivity contribution is 8.00. The first kappa shape index (κ1) is 22.0. The summed E-state index contributed by atoms with van der Waals surface area (Å²) >= 11 is 1.87. The normalized spacial score (nSPS) is 12.4. The molecule has 0 aromatic carbocycles. The van der Waals surface area contributed by atoms with E-state index in [1.807, 2.05) is 43.4 Å². The number of hydrogen-bond acceptors (Lipinski definition) is 5. The second kappa shape index (κ2) is 10.2. The lowest BCUT2D eigenvalue weighted by atomic mass is 10.2. The van der Waals surface area contributed by atoms with Crippen molar-refractivity contribution in [2.45, 2.75) is 84.3 Å². The Bertz CT molecular complexity index is 518. The lowest BCUT2D eigenvalue weighted by Gasteiger charge is -2.18. The van der Waals surface area contributed by atoms with E-state index in [0.29, 0.717) is 13.0 Å². The maximum atomic E-state index is 11.8. The van der Waals surface area contributed by atoms with E-state index in [1.165, 1.54) is 0 Å². The molecule has 0 bridgehead atoms. The van der Waals surface area contributed by atoms with Gasteiger partial charge in [0.1, 0.15) is 5.69 Å². The molecule has 0 aliphatic rings. The van der Waals surface area contributed by atoms with Gasteiger partial charge in [-0.3, -0.25) is 9.48 Å². The summed E-state index contributed by atoms with van der Waals surface area (Å²) in [5, 5.41) is 11.2. The molecule has 0 fully saturated rings. The van der Waals surface area contributed by atoms with Crippen LogP contribution in [0.3, 0.4) is 0 Å². The van der Waals surface area contributed by atoms with Crippen LogP contribution in [0, 0.1) is 0 Å². The summed E-state index contributed by atoms with van der Waals surface area (Å²) in [6, 6.07) is 0. The van der Waals surface area contributed by atoms with Crippen LogP contribution in [0.4, 0.5) is 0 Å². The zero-order valence-electron chi connectivity index (χ0n) is 16.6. The average molecular weight is 371 g/mol. The Morgan fingerprint density at radius 3 is 2.60 bits per heavy atom. The van der Waals surface area contributed by atoms with Crippen LogP contribution in [-0.4, -0.2) is 43.5 Å². The zero-order chi connectivity index (χ0) is 18.9. The number of aryl methyl sites for hydroxylation is 1. The SMILES string of the molecule is CC(C)(C)OCc1cn(CCCCC(=O)NCCSC(C)(C)C)nn1. The molecule has 0 aliphatic heterocycles. The van der Waals surface area contributed by atoms with Crippen LogP contribution in [0.1, 0.15) is 66.5 Å². The Hall–Kier alpha value is -1.08. The number of hydrogen-bond donors (Lipinski definition) is 1. The lowest BCUT2D eigenvalue weighted by Crippen LogP contribution is -2.26. The van der Waals surface area contributed by atoms with Crippen LogP contribution >= 0.6 is 11.8 Å². The van der Waals surface area contributed by atoms with Gasteiger partial charge in [-0.15, -0.1) is 5.10 Å². The van der Waals surface area contributed by atoms with Gasteiger partial charge in [-0.25, -0.2) is 0 Å². The molecular formula is C18H34N4O2S. The number of unbranched alkanes of at least 4 members (excludes halogenated alkanes) is 1. The van der Waals surface area contributed by atoms with E-state index in [1.54, 1.807) is 0 Å². The summed E-state index contributed by atoms with van der Waals surface area (Å²) < 4.78 is 7.75. The Morgan fingerprint density at radius 1 is 1.24 bits per heavy atom. The topological polar surface area (TPSA) is 69.0 Å². The van der Waals surface area contributed by atoms with Crippen molar-refractivity contribution in [3.63, 3.8) is 0 Å². The predicted molar refractivity (Wildman–Crippen MR) is 104 cm³/mol. The van der Waals surface area contributed by atoms with Crippen LogP contribution in [0.5, 0.6) is 0 Å². The first-order valence-corrected chi connectivity index (χ1v) is 9.97. The first-order valence-electron chi connectivity index (χ1n) is 8.99. The fraction of sp³-hybridized carbons (Fsp3) is 0.833. The third kappa shape index (κ3) is 12.0. The molecule has 1 heterocycles. The summed E-state index contributed by atoms with van der Waals surface area (Å²) in [5.74, 6) is 1.08. The van der Waals surface area contributed by atoms with Crippen molar-refractivity contribution in [2.75, 3.05) is 12.3 Å². The van der Waals surface area contributed by atoms with Gasteiger partial charge in [0, 0.05) is 30.0 Å². The van der Waals surface area contributed by atoms with Crippen LogP contribution in [0.2, 0.25) is 0 Å². The molecule has 1 aromatic rings. The smallest absolute Gasteiger partial charge is 0.220 e. The fourth-order valence-corrected chi connectivity index (χ4v) is 2.82. The van der Waals surface area contributed by atoms with E-state index in [9.17, 15) is 4.79 Å². The maximum absolute atomic E-state index is 11.8. The van der Waals surface area contributed by atoms with Gasteiger partial charge in [0.25, 0.3) is 0 Å². The largest absolute Gasteiger partial charge is 0.369 e. The van der Waals surface area contributed by atoms with Gasteiger partial charge < -0.3 is 10.1 Å². The molecule has 0 saturated heterocycles. The van der Waals surface area contributed by atoms with Crippen LogP contribution < -0.4 is 5.32 Å². The number of nitrogens with one attached hydrogen (secondary N) is 1. The standard InChI is InChI=1S/C18H34N4O2S/c1-17(2,3)24-14-15-13-22(21-20-15)11-8-7-9-16(23)19-10-12-25-18(4,5)6/h13H,7-12,14H2,1-6H3,(H,19,23). The summed E-state index contributed by atoms with van der Waals surface area (Å²) in [5.41, 5.74) is 0.659. The third-order valence-corrected chi connectivity index (χ3v) is 4.51. The number of nitrogens with zero attached hydrogens (tertiary/aromatic N) is 3. The zero-order valence-corrected chi connectivity index (χ0v) is 17.4. The molecule has 1 amide bonds. The summed E-state index contributed by atoms with van der Waals surface area (Å²) in [6.45, 7) is 14.6. The molecule has 0 radical (unpaired) electrons. The molecular weight excluding hydrogens is 336 g/mol. The number of carbonyl (C=O) groups is 1. The number of amides is 1. The summed E-state index contributed by atoms with van der Waals surface area (Å²) in [6.07, 6.45) is 4.24. The Morgan fingerprint density at radius 2 is 1.96 bits per heavy atom. The maximum Gasteiger partial charge on any atom is 0.220 e. The highest BCUT2D eigenvalue weighted by Crippen LogP contribution is 2.22. The van der Waals surface area contributed by atoms with Gasteiger partial charge in [-0.1, -0.05) is 26.0 Å². The number of rotatable bonds is 10. The quantitative estimate of drug-likeness (QED) is 0.639. The number of ether oxygens (including phenoxy) is 1. The molecule has 144 valence electrons. The molecule has 7 heteroatoms. The van der Waals surface area contributed by atoms with Gasteiger partial charge in [-0.05, 0) is 33.6 Å². The summed E-state index contributed by atoms with van der Waals surface area (Å²) in [4.78, 5) is 11.8. The van der Waals surface area contributed by atoms with E-state index in [4.69, 9.17) is 4.74 Å². The van der Waals surface area contributed by atoms with E-state index in [-0.39, 0.29) is 16.3 Å². The number of carbonyl (C=O) groups excluding carboxylic acids is 1. The lowest BCUT2D eigenvalue weighted by molar-refractivity contribution is -0.121. The third-order valence-electron chi connectivity index (χ3n) is 3.24. The minimum absolute atomic E-state index is 0.132. The number of aromatic nitrogens is 3. The van der Waals surface area contributed by atoms with Gasteiger partial charge >= 0.3 is 0 Å². The number of thioether (sulfide) groups is 1. The highest BCUT2D eigenvalue weighted by atomic mass is 32.2. The van der Waals surface area contributed by atoms with Crippen LogP contribution in [-0.2, 0) is 22.7 Å². The highest BCUT2D eigenvalue weighted by Gasteiger charge is 2.12. The Kier molecular flexibility index (Phi) is 8.93. The molecule has 1 N–H and O–H groups in total. The fourth-order valence-electron chi connectivity index (χ4n) is 2.00. The van der Waals surface area contributed by atoms with Gasteiger partial charge in [0.15, 0.2) is 0 Å². The summed E-state index contributed by atoms with van der Waals surface area (Å²) in [7, 11) is 0. The molecule has 6 nitrogen and oxygen atoms in total. The first-order chi connectivity index (χ1) is 11.6. The van der Waals surface area contributed by atoms with Crippen molar-refractivity contribution in [1.29, 1.82) is 0 Å². The molecule has 0 saturated carbocycles. The predicted octanol–water partition coefficient (Wildman–Crippen LogP) is 3.41. The molecule has 0 atom stereocenters. The van der Waals surface area contributed by atoms with E-state index in [2.05, 4.69) is 36.4 Å². The van der Waals surface area contributed by atoms with Crippen molar-refractivity contribution in [2.24, 2.45) is 0 Å². The molecule has 0 unspecified atom stereocenters. The molecule has 0 aliphatic carbocycles. The minimum atomic E-state index is -0.178. The van der Waals surface area contributed by atoms with Crippen LogP contribution in [0.15, 0.2) is 6.20 Å². The van der Waals surface area contributed by atoms with Gasteiger partial charge in [0.2, 0.25) is 5.91 Å². The van der Waals surface area contributed by atoms with Crippen LogP contribution in [0.25, 0.3) is 0 Å². The van der Waals surface area contributed by atoms with Crippen molar-refractivity contribution in [3.05, 3.63) is 11.9 Å². The van der Waals surface area contributed by atoms with E-state index in [0.717, 1.165) is 37.4 Å². The monoisotopic (exact) mass is 370 g/mol. The molecule has 0 spiro atoms. The molecule has 1 rings (SSSR count). The minimum Gasteiger partial charge on any atom is -0.369 e. The van der Waals surface area contributed by atoms with E-state index < -0.39 is 0 Å². The average Bonchev–Trinajstić information content (AvgIpc) is 2.92.